The Kier molecular flexibility index (Phi) is 5.74. The summed E-state index contributed by atoms with van der Waals surface area (Å²) in [7, 11) is -3.13. The Bertz CT molecular complexity index is 321. The first kappa shape index (κ1) is 15.3. The lowest BCUT2D eigenvalue weighted by atomic mass is 9.91. The van der Waals surface area contributed by atoms with E-state index in [4.69, 9.17) is 11.6 Å². The Hall–Kier alpha value is 0.200. The summed E-state index contributed by atoms with van der Waals surface area (Å²) >= 11 is 5.71. The van der Waals surface area contributed by atoms with E-state index in [0.717, 1.165) is 32.1 Å². The van der Waals surface area contributed by atoms with Gasteiger partial charge in [-0.1, -0.05) is 33.1 Å². The minimum atomic E-state index is -3.13. The molecule has 0 heterocycles. The van der Waals surface area contributed by atoms with Crippen LogP contribution in [0.15, 0.2) is 0 Å². The summed E-state index contributed by atoms with van der Waals surface area (Å²) in [5, 5.41) is -0.178. The number of rotatable bonds is 6. The molecule has 3 nitrogen and oxygen atoms in total. The number of hydrogen-bond acceptors (Lipinski definition) is 2. The minimum Gasteiger partial charge on any atom is -0.214 e. The van der Waals surface area contributed by atoms with Crippen LogP contribution in [0.25, 0.3) is 0 Å². The SMILES string of the molecule is CC(C)(CCCl)CNS(=O)(=O)C1CCCCC1. The molecule has 0 spiro atoms. The molecule has 0 aromatic rings. The van der Waals surface area contributed by atoms with Crippen molar-refractivity contribution in [2.75, 3.05) is 12.4 Å². The summed E-state index contributed by atoms with van der Waals surface area (Å²) in [5.74, 6) is 0.568. The van der Waals surface area contributed by atoms with E-state index < -0.39 is 10.0 Å². The molecule has 0 aliphatic heterocycles. The van der Waals surface area contributed by atoms with Crippen LogP contribution >= 0.6 is 11.6 Å². The minimum absolute atomic E-state index is 0.0660. The molecule has 0 unspecified atom stereocenters. The molecule has 0 atom stereocenters. The normalized spacial score (nSPS) is 19.5. The molecular weight excluding hydrogens is 258 g/mol. The largest absolute Gasteiger partial charge is 0.214 e. The number of sulfonamides is 1. The van der Waals surface area contributed by atoms with Crippen LogP contribution in [0.3, 0.4) is 0 Å². The highest BCUT2D eigenvalue weighted by atomic mass is 35.5. The molecule has 5 heteroatoms. The van der Waals surface area contributed by atoms with Crippen LogP contribution in [0.1, 0.15) is 52.4 Å². The molecule has 1 aliphatic carbocycles. The van der Waals surface area contributed by atoms with Crippen LogP contribution < -0.4 is 4.72 Å². The van der Waals surface area contributed by atoms with Gasteiger partial charge in [-0.2, -0.15) is 0 Å². The second-order valence-electron chi connectivity index (χ2n) is 5.73. The zero-order valence-corrected chi connectivity index (χ0v) is 12.4. The smallest absolute Gasteiger partial charge is 0.214 e. The molecule has 1 rings (SSSR count). The fraction of sp³-hybridized carbons (Fsp3) is 1.00. The van der Waals surface area contributed by atoms with Gasteiger partial charge in [-0.3, -0.25) is 0 Å². The average Bonchev–Trinajstić information content (AvgIpc) is 2.28. The van der Waals surface area contributed by atoms with Crippen molar-refractivity contribution in [3.8, 4) is 0 Å². The zero-order chi connectivity index (χ0) is 12.9. The number of hydrogen-bond donors (Lipinski definition) is 1. The van der Waals surface area contributed by atoms with Crippen LogP contribution in [0.4, 0.5) is 0 Å². The molecule has 1 fully saturated rings. The van der Waals surface area contributed by atoms with E-state index in [2.05, 4.69) is 4.72 Å². The van der Waals surface area contributed by atoms with E-state index in [-0.39, 0.29) is 10.7 Å². The quantitative estimate of drug-likeness (QED) is 0.761. The lowest BCUT2D eigenvalue weighted by molar-refractivity contribution is 0.350. The lowest BCUT2D eigenvalue weighted by Gasteiger charge is -2.27. The van der Waals surface area contributed by atoms with Gasteiger partial charge in [0.25, 0.3) is 0 Å². The first-order valence-corrected chi connectivity index (χ1v) is 8.50. The maximum atomic E-state index is 12.1. The Labute approximate surface area is 110 Å². The summed E-state index contributed by atoms with van der Waals surface area (Å²) in [6.45, 7) is 4.57. The van der Waals surface area contributed by atoms with Gasteiger partial charge in [0.2, 0.25) is 10.0 Å². The summed E-state index contributed by atoms with van der Waals surface area (Å²) in [4.78, 5) is 0. The maximum absolute atomic E-state index is 12.1. The topological polar surface area (TPSA) is 46.2 Å². The van der Waals surface area contributed by atoms with E-state index in [9.17, 15) is 8.42 Å². The van der Waals surface area contributed by atoms with Crippen LogP contribution in [0, 0.1) is 5.41 Å². The van der Waals surface area contributed by atoms with Crippen LogP contribution in [-0.2, 0) is 10.0 Å². The summed E-state index contributed by atoms with van der Waals surface area (Å²) in [6.07, 6.45) is 5.69. The predicted molar refractivity (Wildman–Crippen MR) is 72.9 cm³/mol. The van der Waals surface area contributed by atoms with Gasteiger partial charge in [0.05, 0.1) is 5.25 Å². The van der Waals surface area contributed by atoms with Gasteiger partial charge in [0.15, 0.2) is 0 Å². The van der Waals surface area contributed by atoms with Crippen molar-refractivity contribution in [2.45, 2.75) is 57.6 Å². The molecule has 0 bridgehead atoms. The number of alkyl halides is 1. The Morgan fingerprint density at radius 3 is 2.35 bits per heavy atom. The van der Waals surface area contributed by atoms with Gasteiger partial charge in [-0.05, 0) is 24.7 Å². The highest BCUT2D eigenvalue weighted by molar-refractivity contribution is 7.90. The second kappa shape index (κ2) is 6.39. The monoisotopic (exact) mass is 281 g/mol. The molecule has 17 heavy (non-hydrogen) atoms. The average molecular weight is 282 g/mol. The van der Waals surface area contributed by atoms with Gasteiger partial charge in [0.1, 0.15) is 0 Å². The summed E-state index contributed by atoms with van der Waals surface area (Å²) in [5.41, 5.74) is -0.0660. The van der Waals surface area contributed by atoms with Gasteiger partial charge in [-0.25, -0.2) is 13.1 Å². The predicted octanol–water partition coefficient (Wildman–Crippen LogP) is 2.89. The zero-order valence-electron chi connectivity index (χ0n) is 10.8. The van der Waals surface area contributed by atoms with E-state index >= 15 is 0 Å². The maximum Gasteiger partial charge on any atom is 0.214 e. The highest BCUT2D eigenvalue weighted by Crippen LogP contribution is 2.25. The Morgan fingerprint density at radius 2 is 1.82 bits per heavy atom. The molecular formula is C12H24ClNO2S. The molecule has 0 aromatic heterocycles. The third-order valence-corrected chi connectivity index (χ3v) is 5.60. The van der Waals surface area contributed by atoms with E-state index in [0.29, 0.717) is 12.4 Å². The van der Waals surface area contributed by atoms with Crippen molar-refractivity contribution in [1.29, 1.82) is 0 Å². The van der Waals surface area contributed by atoms with Crippen LogP contribution in [0.5, 0.6) is 0 Å². The van der Waals surface area contributed by atoms with Gasteiger partial charge >= 0.3 is 0 Å². The van der Waals surface area contributed by atoms with Gasteiger partial charge in [-0.15, -0.1) is 11.6 Å². The van der Waals surface area contributed by atoms with Crippen molar-refractivity contribution in [3.63, 3.8) is 0 Å². The Morgan fingerprint density at radius 1 is 1.24 bits per heavy atom. The fourth-order valence-corrected chi connectivity index (χ4v) is 4.43. The molecule has 0 amide bonds. The molecule has 1 aliphatic rings. The lowest BCUT2D eigenvalue weighted by Crippen LogP contribution is -2.40. The van der Waals surface area contributed by atoms with Crippen molar-refractivity contribution in [2.24, 2.45) is 5.41 Å². The third kappa shape index (κ3) is 5.14. The number of halogens is 1. The third-order valence-electron chi connectivity index (χ3n) is 3.51. The van der Waals surface area contributed by atoms with E-state index in [1.54, 1.807) is 0 Å². The second-order valence-corrected chi connectivity index (χ2v) is 8.15. The Balaban J connectivity index is 2.49. The molecule has 1 N–H and O–H groups in total. The molecule has 0 radical (unpaired) electrons. The van der Waals surface area contributed by atoms with E-state index in [1.165, 1.54) is 6.42 Å². The fourth-order valence-electron chi connectivity index (χ4n) is 2.13. The van der Waals surface area contributed by atoms with Crippen molar-refractivity contribution in [3.05, 3.63) is 0 Å². The first-order valence-electron chi connectivity index (χ1n) is 6.42. The standard InChI is InChI=1S/C12H24ClNO2S/c1-12(2,8-9-13)10-14-17(15,16)11-6-4-3-5-7-11/h11,14H,3-10H2,1-2H3. The molecule has 0 saturated heterocycles. The number of nitrogens with one attached hydrogen (secondary N) is 1. The first-order chi connectivity index (χ1) is 7.87. The highest BCUT2D eigenvalue weighted by Gasteiger charge is 2.28. The summed E-state index contributed by atoms with van der Waals surface area (Å²) in [6, 6.07) is 0. The van der Waals surface area contributed by atoms with Crippen molar-refractivity contribution < 1.29 is 8.42 Å². The van der Waals surface area contributed by atoms with Crippen LogP contribution in [-0.4, -0.2) is 26.1 Å². The van der Waals surface area contributed by atoms with Gasteiger partial charge < -0.3 is 0 Å². The molecule has 102 valence electrons. The van der Waals surface area contributed by atoms with Crippen molar-refractivity contribution in [1.82, 2.24) is 4.72 Å². The molecule has 0 aromatic carbocycles. The summed E-state index contributed by atoms with van der Waals surface area (Å²) < 4.78 is 27.0. The van der Waals surface area contributed by atoms with E-state index in [1.807, 2.05) is 13.8 Å². The molecule has 1 saturated carbocycles. The van der Waals surface area contributed by atoms with Crippen molar-refractivity contribution >= 4 is 21.6 Å². The van der Waals surface area contributed by atoms with Gasteiger partial charge in [0, 0.05) is 12.4 Å². The van der Waals surface area contributed by atoms with Crippen LogP contribution in [0.2, 0.25) is 0 Å².